The van der Waals surface area contributed by atoms with Gasteiger partial charge in [0.2, 0.25) is 0 Å². The van der Waals surface area contributed by atoms with Crippen LogP contribution >= 0.6 is 0 Å². The van der Waals surface area contributed by atoms with Crippen LogP contribution in [0.15, 0.2) is 53.7 Å². The van der Waals surface area contributed by atoms with Crippen molar-refractivity contribution in [3.8, 4) is 0 Å². The molecule has 1 atom stereocenters. The number of aromatic nitrogens is 2. The number of fused-ring (bicyclic) bond motifs is 1. The van der Waals surface area contributed by atoms with E-state index in [1.165, 1.54) is 6.26 Å². The van der Waals surface area contributed by atoms with E-state index in [-0.39, 0.29) is 16.8 Å². The maximum absolute atomic E-state index is 12.4. The Hall–Kier alpha value is -2.67. The molecule has 0 radical (unpaired) electrons. The standard InChI is InChI=1S/C18H19N3O3S/c1-12-8-9-21-11-16(20-17(21)10-12)18(22)19-13(2)14-4-6-15(7-5-14)25(3,23)24/h4-11,13H,1-3H3,(H,19,22)/t13-/m1/s1. The number of pyridine rings is 1. The summed E-state index contributed by atoms with van der Waals surface area (Å²) in [5, 5.41) is 2.88. The quantitative estimate of drug-likeness (QED) is 0.778. The van der Waals surface area contributed by atoms with Crippen LogP contribution in [0.2, 0.25) is 0 Å². The molecular weight excluding hydrogens is 338 g/mol. The summed E-state index contributed by atoms with van der Waals surface area (Å²) in [7, 11) is -3.23. The first-order valence-electron chi connectivity index (χ1n) is 7.80. The highest BCUT2D eigenvalue weighted by Gasteiger charge is 2.15. The molecule has 0 aliphatic carbocycles. The van der Waals surface area contributed by atoms with Crippen molar-refractivity contribution in [3.05, 3.63) is 65.6 Å². The number of hydrogen-bond donors (Lipinski definition) is 1. The number of benzene rings is 1. The molecule has 130 valence electrons. The number of aryl methyl sites for hydroxylation is 1. The van der Waals surface area contributed by atoms with E-state index >= 15 is 0 Å². The molecule has 1 aromatic carbocycles. The normalized spacial score (nSPS) is 12.9. The van der Waals surface area contributed by atoms with Gasteiger partial charge in [-0.3, -0.25) is 4.79 Å². The minimum atomic E-state index is -3.23. The SMILES string of the molecule is Cc1ccn2cc(C(=O)N[C@H](C)c3ccc(S(C)(=O)=O)cc3)nc2c1. The number of hydrogen-bond acceptors (Lipinski definition) is 4. The van der Waals surface area contributed by atoms with Gasteiger partial charge in [-0.2, -0.15) is 0 Å². The third kappa shape index (κ3) is 3.71. The third-order valence-corrected chi connectivity index (χ3v) is 5.13. The van der Waals surface area contributed by atoms with Gasteiger partial charge in [0.1, 0.15) is 11.3 Å². The molecule has 25 heavy (non-hydrogen) atoms. The lowest BCUT2D eigenvalue weighted by atomic mass is 10.1. The van der Waals surface area contributed by atoms with Crippen LogP contribution in [-0.4, -0.2) is 30.0 Å². The molecule has 3 aromatic rings. The molecule has 6 nitrogen and oxygen atoms in total. The molecule has 0 saturated heterocycles. The van der Waals surface area contributed by atoms with E-state index in [0.717, 1.165) is 16.8 Å². The predicted molar refractivity (Wildman–Crippen MR) is 95.4 cm³/mol. The van der Waals surface area contributed by atoms with Crippen LogP contribution < -0.4 is 5.32 Å². The van der Waals surface area contributed by atoms with E-state index in [2.05, 4.69) is 10.3 Å². The molecular formula is C18H19N3O3S. The number of sulfone groups is 1. The average molecular weight is 357 g/mol. The molecule has 0 unspecified atom stereocenters. The van der Waals surface area contributed by atoms with Crippen LogP contribution in [0.25, 0.3) is 5.65 Å². The second kappa shape index (κ2) is 6.33. The van der Waals surface area contributed by atoms with Gasteiger partial charge in [-0.25, -0.2) is 13.4 Å². The van der Waals surface area contributed by atoms with E-state index < -0.39 is 9.84 Å². The second-order valence-electron chi connectivity index (χ2n) is 6.13. The molecule has 0 saturated carbocycles. The number of rotatable bonds is 4. The first kappa shape index (κ1) is 17.2. The highest BCUT2D eigenvalue weighted by atomic mass is 32.2. The van der Waals surface area contributed by atoms with E-state index in [4.69, 9.17) is 0 Å². The first-order chi connectivity index (χ1) is 11.7. The largest absolute Gasteiger partial charge is 0.344 e. The van der Waals surface area contributed by atoms with Gasteiger partial charge in [-0.1, -0.05) is 12.1 Å². The van der Waals surface area contributed by atoms with Crippen molar-refractivity contribution in [2.75, 3.05) is 6.26 Å². The van der Waals surface area contributed by atoms with Crippen LogP contribution in [-0.2, 0) is 9.84 Å². The second-order valence-corrected chi connectivity index (χ2v) is 8.15. The molecule has 3 rings (SSSR count). The fourth-order valence-electron chi connectivity index (χ4n) is 2.55. The molecule has 2 heterocycles. The van der Waals surface area contributed by atoms with Gasteiger partial charge < -0.3 is 9.72 Å². The Balaban J connectivity index is 1.77. The van der Waals surface area contributed by atoms with Crippen LogP contribution in [0.5, 0.6) is 0 Å². The zero-order valence-electron chi connectivity index (χ0n) is 14.2. The number of carbonyl (C=O) groups is 1. The Morgan fingerprint density at radius 1 is 1.20 bits per heavy atom. The zero-order chi connectivity index (χ0) is 18.2. The minimum absolute atomic E-state index is 0.255. The van der Waals surface area contributed by atoms with Crippen molar-refractivity contribution in [2.24, 2.45) is 0 Å². The molecule has 0 aliphatic rings. The number of carbonyl (C=O) groups excluding carboxylic acids is 1. The first-order valence-corrected chi connectivity index (χ1v) is 9.69. The van der Waals surface area contributed by atoms with Crippen molar-refractivity contribution in [3.63, 3.8) is 0 Å². The Morgan fingerprint density at radius 3 is 2.52 bits per heavy atom. The van der Waals surface area contributed by atoms with Gasteiger partial charge in [0.05, 0.1) is 10.9 Å². The van der Waals surface area contributed by atoms with Crippen LogP contribution in [0.1, 0.15) is 34.6 Å². The van der Waals surface area contributed by atoms with Gasteiger partial charge in [0.25, 0.3) is 5.91 Å². The van der Waals surface area contributed by atoms with Gasteiger partial charge >= 0.3 is 0 Å². The number of amides is 1. The van der Waals surface area contributed by atoms with Crippen molar-refractivity contribution < 1.29 is 13.2 Å². The maximum Gasteiger partial charge on any atom is 0.271 e. The minimum Gasteiger partial charge on any atom is -0.344 e. The summed E-state index contributed by atoms with van der Waals surface area (Å²) in [6, 6.07) is 10.1. The fourth-order valence-corrected chi connectivity index (χ4v) is 3.18. The van der Waals surface area contributed by atoms with Crippen molar-refractivity contribution >= 4 is 21.4 Å². The summed E-state index contributed by atoms with van der Waals surface area (Å²) in [6.45, 7) is 3.81. The molecule has 1 amide bonds. The summed E-state index contributed by atoms with van der Waals surface area (Å²) in [5.41, 5.74) is 2.95. The summed E-state index contributed by atoms with van der Waals surface area (Å²) < 4.78 is 24.8. The topological polar surface area (TPSA) is 80.5 Å². The molecule has 1 N–H and O–H groups in total. The summed E-state index contributed by atoms with van der Waals surface area (Å²) in [5.74, 6) is -0.277. The monoisotopic (exact) mass is 357 g/mol. The molecule has 7 heteroatoms. The number of nitrogens with zero attached hydrogens (tertiary/aromatic N) is 2. The molecule has 0 fully saturated rings. The van der Waals surface area contributed by atoms with E-state index in [1.807, 2.05) is 32.2 Å². The smallest absolute Gasteiger partial charge is 0.271 e. The van der Waals surface area contributed by atoms with Gasteiger partial charge in [-0.15, -0.1) is 0 Å². The molecule has 0 spiro atoms. The Morgan fingerprint density at radius 2 is 1.88 bits per heavy atom. The molecule has 0 bridgehead atoms. The van der Waals surface area contributed by atoms with Crippen LogP contribution in [0.3, 0.4) is 0 Å². The molecule has 2 aromatic heterocycles. The Kier molecular flexibility index (Phi) is 4.34. The fraction of sp³-hybridized carbons (Fsp3) is 0.222. The zero-order valence-corrected chi connectivity index (χ0v) is 15.0. The summed E-state index contributed by atoms with van der Waals surface area (Å²) in [6.07, 6.45) is 4.71. The number of nitrogens with one attached hydrogen (secondary N) is 1. The van der Waals surface area contributed by atoms with Crippen molar-refractivity contribution in [1.82, 2.24) is 14.7 Å². The summed E-state index contributed by atoms with van der Waals surface area (Å²) >= 11 is 0. The van der Waals surface area contributed by atoms with Crippen LogP contribution in [0, 0.1) is 6.92 Å². The van der Waals surface area contributed by atoms with Gasteiger partial charge in [0, 0.05) is 18.6 Å². The van der Waals surface area contributed by atoms with Gasteiger partial charge in [-0.05, 0) is 49.2 Å². The van der Waals surface area contributed by atoms with E-state index in [1.54, 1.807) is 34.9 Å². The predicted octanol–water partition coefficient (Wildman–Crippen LogP) is 2.54. The Bertz CT molecular complexity index is 1040. The highest BCUT2D eigenvalue weighted by molar-refractivity contribution is 7.90. The Labute approximate surface area is 146 Å². The molecule has 0 aliphatic heterocycles. The lowest BCUT2D eigenvalue weighted by Crippen LogP contribution is -2.26. The number of imidazole rings is 1. The van der Waals surface area contributed by atoms with E-state index in [9.17, 15) is 13.2 Å². The van der Waals surface area contributed by atoms with E-state index in [0.29, 0.717) is 5.69 Å². The lowest BCUT2D eigenvalue weighted by Gasteiger charge is -2.13. The third-order valence-electron chi connectivity index (χ3n) is 4.00. The van der Waals surface area contributed by atoms with Gasteiger partial charge in [0.15, 0.2) is 9.84 Å². The van der Waals surface area contributed by atoms with Crippen molar-refractivity contribution in [1.29, 1.82) is 0 Å². The average Bonchev–Trinajstić information content (AvgIpc) is 2.97. The highest BCUT2D eigenvalue weighted by Crippen LogP contribution is 2.17. The van der Waals surface area contributed by atoms with Crippen LogP contribution in [0.4, 0.5) is 0 Å². The maximum atomic E-state index is 12.4. The lowest BCUT2D eigenvalue weighted by molar-refractivity contribution is 0.0935. The van der Waals surface area contributed by atoms with Crippen molar-refractivity contribution in [2.45, 2.75) is 24.8 Å². The summed E-state index contributed by atoms with van der Waals surface area (Å²) in [4.78, 5) is 17.0.